The minimum atomic E-state index is -1.82. The number of likely N-dealkylation sites (N-methyl/N-ethyl adjacent to an activating group) is 1. The van der Waals surface area contributed by atoms with Gasteiger partial charge in [0.05, 0.1) is 11.7 Å². The van der Waals surface area contributed by atoms with Crippen molar-refractivity contribution in [3.63, 3.8) is 0 Å². The van der Waals surface area contributed by atoms with Gasteiger partial charge in [0, 0.05) is 13.1 Å². The summed E-state index contributed by atoms with van der Waals surface area (Å²) in [6, 6.07) is 6.44. The van der Waals surface area contributed by atoms with E-state index in [1.807, 2.05) is 6.92 Å². The van der Waals surface area contributed by atoms with Crippen molar-refractivity contribution in [2.24, 2.45) is 0 Å². The number of ether oxygens (including phenoxy) is 1. The molecular formula is C19H22FN3O5S. The van der Waals surface area contributed by atoms with Crippen LogP contribution in [0.2, 0.25) is 0 Å². The first-order chi connectivity index (χ1) is 13.8. The smallest absolute Gasteiger partial charge is 0.414 e. The highest BCUT2D eigenvalue weighted by Crippen LogP contribution is 2.31. The van der Waals surface area contributed by atoms with Crippen LogP contribution < -0.4 is 4.74 Å². The lowest BCUT2D eigenvalue weighted by atomic mass is 10.1. The quantitative estimate of drug-likeness (QED) is 0.706. The number of hydrogen-bond acceptors (Lipinski definition) is 7. The van der Waals surface area contributed by atoms with Gasteiger partial charge in [0.25, 0.3) is 5.88 Å². The predicted octanol–water partition coefficient (Wildman–Crippen LogP) is 3.08. The second kappa shape index (κ2) is 10.6. The molecule has 1 aromatic heterocycles. The number of carbonyl (C=O) groups is 2. The molecule has 1 aliphatic heterocycles. The van der Waals surface area contributed by atoms with Crippen molar-refractivity contribution in [2.45, 2.75) is 25.9 Å². The Hall–Kier alpha value is -2.85. The van der Waals surface area contributed by atoms with Crippen LogP contribution in [0, 0.1) is 5.82 Å². The molecule has 0 saturated heterocycles. The van der Waals surface area contributed by atoms with Gasteiger partial charge in [-0.05, 0) is 43.2 Å². The molecule has 0 bridgehead atoms. The average molecular weight is 423 g/mol. The maximum atomic E-state index is 13.1. The number of hydrogen-bond donors (Lipinski definition) is 2. The van der Waals surface area contributed by atoms with E-state index in [4.69, 9.17) is 24.5 Å². The zero-order valence-electron chi connectivity index (χ0n) is 16.0. The highest BCUT2D eigenvalue weighted by atomic mass is 32.1. The molecule has 1 aliphatic rings. The standard InChI is InChI=1S/C17H20FN3OS.C2H2O4/c1-3-15(12-6-8-14(18)9-7-12)22-17-16(19-23-20-17)13-5-4-10-21(2)11-13;3-1(4)2(5)6/h5-9,15H,3-4,10-11H2,1-2H3;(H,3,4)(H,5,6). The molecule has 1 atom stereocenters. The second-order valence-electron chi connectivity index (χ2n) is 6.35. The summed E-state index contributed by atoms with van der Waals surface area (Å²) in [6.07, 6.45) is 3.85. The van der Waals surface area contributed by atoms with E-state index in [0.717, 1.165) is 42.8 Å². The van der Waals surface area contributed by atoms with Gasteiger partial charge in [0.1, 0.15) is 17.6 Å². The van der Waals surface area contributed by atoms with Gasteiger partial charge in [-0.3, -0.25) is 0 Å². The van der Waals surface area contributed by atoms with Crippen LogP contribution in [0.15, 0.2) is 30.3 Å². The Morgan fingerprint density at radius 1 is 1.24 bits per heavy atom. The first-order valence-corrected chi connectivity index (χ1v) is 9.63. The molecule has 1 aromatic carbocycles. The summed E-state index contributed by atoms with van der Waals surface area (Å²) in [7, 11) is 2.10. The summed E-state index contributed by atoms with van der Waals surface area (Å²) in [6.45, 7) is 3.96. The number of carboxylic acids is 2. The summed E-state index contributed by atoms with van der Waals surface area (Å²) in [5.41, 5.74) is 2.95. The van der Waals surface area contributed by atoms with Gasteiger partial charge in [-0.1, -0.05) is 25.1 Å². The van der Waals surface area contributed by atoms with E-state index in [9.17, 15) is 4.39 Å². The third-order valence-corrected chi connectivity index (χ3v) is 4.67. The predicted molar refractivity (Wildman–Crippen MR) is 105 cm³/mol. The van der Waals surface area contributed by atoms with Crippen LogP contribution in [0.3, 0.4) is 0 Å². The first-order valence-electron chi connectivity index (χ1n) is 8.90. The fourth-order valence-corrected chi connectivity index (χ4v) is 3.24. The van der Waals surface area contributed by atoms with Crippen LogP contribution in [0.1, 0.15) is 37.1 Å². The van der Waals surface area contributed by atoms with Gasteiger partial charge in [0.2, 0.25) is 0 Å². The molecule has 156 valence electrons. The Balaban J connectivity index is 0.000000438. The Kier molecular flexibility index (Phi) is 8.22. The second-order valence-corrected chi connectivity index (χ2v) is 6.88. The molecule has 2 heterocycles. The van der Waals surface area contributed by atoms with Gasteiger partial charge < -0.3 is 19.8 Å². The van der Waals surface area contributed by atoms with Gasteiger partial charge >= 0.3 is 11.9 Å². The fourth-order valence-electron chi connectivity index (χ4n) is 2.72. The summed E-state index contributed by atoms with van der Waals surface area (Å²) in [5.74, 6) is -3.31. The van der Waals surface area contributed by atoms with E-state index in [-0.39, 0.29) is 11.9 Å². The normalized spacial score (nSPS) is 14.9. The van der Waals surface area contributed by atoms with Crippen LogP contribution in [-0.2, 0) is 9.59 Å². The molecule has 0 saturated carbocycles. The lowest BCUT2D eigenvalue weighted by molar-refractivity contribution is -0.159. The van der Waals surface area contributed by atoms with E-state index < -0.39 is 11.9 Å². The molecule has 0 fully saturated rings. The lowest BCUT2D eigenvalue weighted by Gasteiger charge is -2.23. The average Bonchev–Trinajstić information content (AvgIpc) is 3.15. The van der Waals surface area contributed by atoms with Gasteiger partial charge in [-0.2, -0.15) is 4.37 Å². The van der Waals surface area contributed by atoms with Crippen molar-refractivity contribution in [1.29, 1.82) is 0 Å². The molecule has 0 spiro atoms. The van der Waals surface area contributed by atoms with E-state index in [1.165, 1.54) is 23.9 Å². The monoisotopic (exact) mass is 423 g/mol. The van der Waals surface area contributed by atoms with Crippen molar-refractivity contribution in [3.8, 4) is 5.88 Å². The van der Waals surface area contributed by atoms with E-state index >= 15 is 0 Å². The Morgan fingerprint density at radius 3 is 2.45 bits per heavy atom. The van der Waals surface area contributed by atoms with E-state index in [2.05, 4.69) is 26.8 Å². The van der Waals surface area contributed by atoms with Crippen molar-refractivity contribution in [1.82, 2.24) is 13.6 Å². The SMILES string of the molecule is CCC(Oc1nsnc1C1=CCCN(C)C1)c1ccc(F)cc1.O=C(O)C(=O)O. The highest BCUT2D eigenvalue weighted by Gasteiger charge is 2.21. The van der Waals surface area contributed by atoms with Crippen LogP contribution in [-0.4, -0.2) is 55.9 Å². The Labute approximate surface area is 171 Å². The lowest BCUT2D eigenvalue weighted by Crippen LogP contribution is -2.25. The van der Waals surface area contributed by atoms with Crippen molar-refractivity contribution < 1.29 is 28.9 Å². The molecule has 2 aromatic rings. The molecule has 3 rings (SSSR count). The Bertz CT molecular complexity index is 857. The number of aromatic nitrogens is 2. The maximum absolute atomic E-state index is 13.1. The first kappa shape index (κ1) is 22.4. The van der Waals surface area contributed by atoms with Crippen molar-refractivity contribution in [3.05, 3.63) is 47.4 Å². The third kappa shape index (κ3) is 6.61. The molecule has 8 nitrogen and oxygen atoms in total. The number of rotatable bonds is 5. The molecule has 0 radical (unpaired) electrons. The number of halogens is 1. The topological polar surface area (TPSA) is 113 Å². The molecule has 10 heteroatoms. The van der Waals surface area contributed by atoms with Gasteiger partial charge in [-0.25, -0.2) is 14.0 Å². The van der Waals surface area contributed by atoms with Crippen molar-refractivity contribution >= 4 is 29.2 Å². The largest absolute Gasteiger partial charge is 0.473 e. The van der Waals surface area contributed by atoms with E-state index in [1.54, 1.807) is 12.1 Å². The number of aliphatic carboxylic acids is 2. The van der Waals surface area contributed by atoms with E-state index in [0.29, 0.717) is 5.88 Å². The summed E-state index contributed by atoms with van der Waals surface area (Å²) in [4.78, 5) is 20.5. The van der Waals surface area contributed by atoms with Crippen LogP contribution in [0.4, 0.5) is 4.39 Å². The highest BCUT2D eigenvalue weighted by molar-refractivity contribution is 6.99. The minimum Gasteiger partial charge on any atom is -0.473 e. The summed E-state index contributed by atoms with van der Waals surface area (Å²) < 4.78 is 27.9. The zero-order chi connectivity index (χ0) is 21.4. The van der Waals surface area contributed by atoms with Crippen LogP contribution >= 0.6 is 11.7 Å². The van der Waals surface area contributed by atoms with Crippen LogP contribution in [0.25, 0.3) is 5.57 Å². The third-order valence-electron chi connectivity index (χ3n) is 4.15. The molecule has 0 aliphatic carbocycles. The number of nitrogens with zero attached hydrogens (tertiary/aromatic N) is 3. The zero-order valence-corrected chi connectivity index (χ0v) is 16.9. The fraction of sp³-hybridized carbons (Fsp3) is 0.368. The van der Waals surface area contributed by atoms with Crippen LogP contribution in [0.5, 0.6) is 5.88 Å². The maximum Gasteiger partial charge on any atom is 0.414 e. The number of benzene rings is 1. The molecule has 0 amide bonds. The molecular weight excluding hydrogens is 401 g/mol. The molecule has 2 N–H and O–H groups in total. The molecule has 1 unspecified atom stereocenters. The minimum absolute atomic E-state index is 0.153. The van der Waals surface area contributed by atoms with Gasteiger partial charge in [-0.15, -0.1) is 4.37 Å². The molecule has 29 heavy (non-hydrogen) atoms. The summed E-state index contributed by atoms with van der Waals surface area (Å²) in [5, 5.41) is 14.8. The van der Waals surface area contributed by atoms with Crippen molar-refractivity contribution in [2.75, 3.05) is 20.1 Å². The Morgan fingerprint density at radius 2 is 1.90 bits per heavy atom. The summed E-state index contributed by atoms with van der Waals surface area (Å²) >= 11 is 1.17. The van der Waals surface area contributed by atoms with Gasteiger partial charge in [0.15, 0.2) is 0 Å². The number of carboxylic acid groups (broad SMARTS) is 2.